The van der Waals surface area contributed by atoms with E-state index in [4.69, 9.17) is 0 Å². The highest BCUT2D eigenvalue weighted by molar-refractivity contribution is 5.89. The summed E-state index contributed by atoms with van der Waals surface area (Å²) in [7, 11) is 1.40. The minimum atomic E-state index is -0.277. The molecule has 0 amide bonds. The van der Waals surface area contributed by atoms with Gasteiger partial charge in [-0.3, -0.25) is 4.90 Å². The molecule has 0 spiro atoms. The third-order valence-corrected chi connectivity index (χ3v) is 2.86. The lowest BCUT2D eigenvalue weighted by atomic mass is 10.1. The summed E-state index contributed by atoms with van der Waals surface area (Å²) in [6.45, 7) is 7.58. The van der Waals surface area contributed by atoms with Crippen LogP contribution in [-0.4, -0.2) is 31.1 Å². The van der Waals surface area contributed by atoms with Crippen molar-refractivity contribution in [2.45, 2.75) is 33.2 Å². The Kier molecular flexibility index (Phi) is 6.44. The lowest BCUT2D eigenvalue weighted by Gasteiger charge is -2.20. The second kappa shape index (κ2) is 7.88. The molecular formula is C15H23NO2. The highest BCUT2D eigenvalue weighted by Gasteiger charge is 2.07. The van der Waals surface area contributed by atoms with E-state index in [0.717, 1.165) is 19.6 Å². The topological polar surface area (TPSA) is 29.5 Å². The number of rotatable bonds is 7. The van der Waals surface area contributed by atoms with E-state index in [2.05, 4.69) is 23.5 Å². The fourth-order valence-corrected chi connectivity index (χ4v) is 2.02. The van der Waals surface area contributed by atoms with E-state index in [1.807, 2.05) is 24.3 Å². The van der Waals surface area contributed by atoms with Gasteiger partial charge in [-0.2, -0.15) is 0 Å². The van der Waals surface area contributed by atoms with Gasteiger partial charge in [0, 0.05) is 6.54 Å². The molecule has 1 rings (SSSR count). The van der Waals surface area contributed by atoms with Gasteiger partial charge in [0.15, 0.2) is 0 Å². The first-order valence-electron chi connectivity index (χ1n) is 6.60. The number of nitrogens with zero attached hydrogens (tertiary/aromatic N) is 1. The van der Waals surface area contributed by atoms with Crippen molar-refractivity contribution in [1.82, 2.24) is 4.90 Å². The maximum atomic E-state index is 11.3. The molecule has 0 atom stereocenters. The molecule has 0 N–H and O–H groups in total. The number of ether oxygens (including phenoxy) is 1. The van der Waals surface area contributed by atoms with Crippen LogP contribution in [0, 0.1) is 0 Å². The Morgan fingerprint density at radius 1 is 1.11 bits per heavy atom. The average Bonchev–Trinajstić information content (AvgIpc) is 2.39. The SMILES string of the molecule is CCCN(CCC)Cc1ccc(C(=O)OC)cc1. The first-order chi connectivity index (χ1) is 8.71. The molecule has 0 saturated carbocycles. The molecule has 0 radical (unpaired) electrons. The summed E-state index contributed by atoms with van der Waals surface area (Å²) in [5.74, 6) is -0.277. The summed E-state index contributed by atoms with van der Waals surface area (Å²) in [6, 6.07) is 7.67. The van der Waals surface area contributed by atoms with E-state index in [9.17, 15) is 4.79 Å². The molecular weight excluding hydrogens is 226 g/mol. The van der Waals surface area contributed by atoms with Crippen molar-refractivity contribution in [2.24, 2.45) is 0 Å². The Morgan fingerprint density at radius 3 is 2.11 bits per heavy atom. The molecule has 0 aromatic heterocycles. The molecule has 3 heteroatoms. The third-order valence-electron chi connectivity index (χ3n) is 2.86. The smallest absolute Gasteiger partial charge is 0.337 e. The van der Waals surface area contributed by atoms with Crippen LogP contribution in [-0.2, 0) is 11.3 Å². The van der Waals surface area contributed by atoms with Crippen LogP contribution in [0.15, 0.2) is 24.3 Å². The molecule has 1 aromatic carbocycles. The summed E-state index contributed by atoms with van der Waals surface area (Å²) in [6.07, 6.45) is 2.33. The Morgan fingerprint density at radius 2 is 1.67 bits per heavy atom. The predicted octanol–water partition coefficient (Wildman–Crippen LogP) is 3.10. The van der Waals surface area contributed by atoms with Gasteiger partial charge in [-0.1, -0.05) is 26.0 Å². The lowest BCUT2D eigenvalue weighted by molar-refractivity contribution is 0.0600. The molecule has 0 heterocycles. The zero-order valence-corrected chi connectivity index (χ0v) is 11.6. The first kappa shape index (κ1) is 14.7. The Labute approximate surface area is 110 Å². The monoisotopic (exact) mass is 249 g/mol. The molecule has 18 heavy (non-hydrogen) atoms. The van der Waals surface area contributed by atoms with Gasteiger partial charge < -0.3 is 4.74 Å². The maximum absolute atomic E-state index is 11.3. The highest BCUT2D eigenvalue weighted by atomic mass is 16.5. The van der Waals surface area contributed by atoms with E-state index < -0.39 is 0 Å². The van der Waals surface area contributed by atoms with Crippen molar-refractivity contribution in [3.05, 3.63) is 35.4 Å². The minimum absolute atomic E-state index is 0.277. The molecule has 0 fully saturated rings. The van der Waals surface area contributed by atoms with Crippen molar-refractivity contribution in [3.63, 3.8) is 0 Å². The van der Waals surface area contributed by atoms with Gasteiger partial charge in [0.05, 0.1) is 12.7 Å². The summed E-state index contributed by atoms with van der Waals surface area (Å²) in [5.41, 5.74) is 1.85. The summed E-state index contributed by atoms with van der Waals surface area (Å²) < 4.78 is 4.69. The molecule has 0 aliphatic rings. The van der Waals surface area contributed by atoms with Gasteiger partial charge in [-0.25, -0.2) is 4.79 Å². The van der Waals surface area contributed by atoms with Crippen LogP contribution < -0.4 is 0 Å². The number of hydrogen-bond acceptors (Lipinski definition) is 3. The number of carbonyl (C=O) groups excluding carboxylic acids is 1. The second-order valence-corrected chi connectivity index (χ2v) is 4.46. The molecule has 0 aliphatic heterocycles. The fraction of sp³-hybridized carbons (Fsp3) is 0.533. The van der Waals surface area contributed by atoms with Crippen LogP contribution in [0.25, 0.3) is 0 Å². The van der Waals surface area contributed by atoms with Gasteiger partial charge in [0.1, 0.15) is 0 Å². The number of benzene rings is 1. The first-order valence-corrected chi connectivity index (χ1v) is 6.60. The quantitative estimate of drug-likeness (QED) is 0.695. The van der Waals surface area contributed by atoms with E-state index in [1.165, 1.54) is 25.5 Å². The Balaban J connectivity index is 2.63. The highest BCUT2D eigenvalue weighted by Crippen LogP contribution is 2.09. The van der Waals surface area contributed by atoms with E-state index in [0.29, 0.717) is 5.56 Å². The van der Waals surface area contributed by atoms with Crippen LogP contribution >= 0.6 is 0 Å². The van der Waals surface area contributed by atoms with Gasteiger partial charge in [0.25, 0.3) is 0 Å². The summed E-state index contributed by atoms with van der Waals surface area (Å²) >= 11 is 0. The van der Waals surface area contributed by atoms with Gasteiger partial charge in [0.2, 0.25) is 0 Å². The summed E-state index contributed by atoms with van der Waals surface area (Å²) in [4.78, 5) is 13.8. The number of carbonyl (C=O) groups is 1. The predicted molar refractivity (Wildman–Crippen MR) is 73.6 cm³/mol. The number of methoxy groups -OCH3 is 1. The van der Waals surface area contributed by atoms with E-state index in [1.54, 1.807) is 0 Å². The molecule has 3 nitrogen and oxygen atoms in total. The van der Waals surface area contributed by atoms with E-state index >= 15 is 0 Å². The average molecular weight is 249 g/mol. The van der Waals surface area contributed by atoms with Crippen molar-refractivity contribution in [2.75, 3.05) is 20.2 Å². The largest absolute Gasteiger partial charge is 0.465 e. The summed E-state index contributed by atoms with van der Waals surface area (Å²) in [5, 5.41) is 0. The third kappa shape index (κ3) is 4.49. The molecule has 0 unspecified atom stereocenters. The maximum Gasteiger partial charge on any atom is 0.337 e. The number of hydrogen-bond donors (Lipinski definition) is 0. The van der Waals surface area contributed by atoms with Crippen LogP contribution in [0.5, 0.6) is 0 Å². The van der Waals surface area contributed by atoms with E-state index in [-0.39, 0.29) is 5.97 Å². The molecule has 0 saturated heterocycles. The second-order valence-electron chi connectivity index (χ2n) is 4.46. The normalized spacial score (nSPS) is 10.7. The molecule has 0 bridgehead atoms. The van der Waals surface area contributed by atoms with Gasteiger partial charge in [-0.15, -0.1) is 0 Å². The van der Waals surface area contributed by atoms with Crippen LogP contribution in [0.1, 0.15) is 42.6 Å². The molecule has 100 valence electrons. The number of esters is 1. The molecule has 1 aromatic rings. The van der Waals surface area contributed by atoms with Crippen LogP contribution in [0.3, 0.4) is 0 Å². The van der Waals surface area contributed by atoms with Crippen molar-refractivity contribution < 1.29 is 9.53 Å². The molecule has 0 aliphatic carbocycles. The Bertz CT molecular complexity index is 353. The van der Waals surface area contributed by atoms with Crippen molar-refractivity contribution in [3.8, 4) is 0 Å². The van der Waals surface area contributed by atoms with Gasteiger partial charge in [-0.05, 0) is 43.6 Å². The minimum Gasteiger partial charge on any atom is -0.465 e. The Hall–Kier alpha value is -1.35. The van der Waals surface area contributed by atoms with Crippen molar-refractivity contribution in [1.29, 1.82) is 0 Å². The lowest BCUT2D eigenvalue weighted by Crippen LogP contribution is -2.24. The van der Waals surface area contributed by atoms with Gasteiger partial charge >= 0.3 is 5.97 Å². The zero-order valence-electron chi connectivity index (χ0n) is 11.6. The van der Waals surface area contributed by atoms with Crippen LogP contribution in [0.4, 0.5) is 0 Å². The standard InChI is InChI=1S/C15H23NO2/c1-4-10-16(11-5-2)12-13-6-8-14(9-7-13)15(17)18-3/h6-9H,4-5,10-12H2,1-3H3. The fourth-order valence-electron chi connectivity index (χ4n) is 2.02. The zero-order chi connectivity index (χ0) is 13.4. The van der Waals surface area contributed by atoms with Crippen molar-refractivity contribution >= 4 is 5.97 Å². The van der Waals surface area contributed by atoms with Crippen LogP contribution in [0.2, 0.25) is 0 Å².